The third kappa shape index (κ3) is 4.70. The molecule has 0 bridgehead atoms. The van der Waals surface area contributed by atoms with Crippen LogP contribution in [-0.2, 0) is 10.1 Å². The number of hydrogen-bond acceptors (Lipinski definition) is 4. The highest BCUT2D eigenvalue weighted by Gasteiger charge is 2.31. The predicted molar refractivity (Wildman–Crippen MR) is 124 cm³/mol. The average Bonchev–Trinajstić information content (AvgIpc) is 2.71. The van der Waals surface area contributed by atoms with E-state index >= 15 is 0 Å². The van der Waals surface area contributed by atoms with E-state index in [1.54, 1.807) is 26.4 Å². The molecule has 1 aliphatic carbocycles. The molecule has 0 aliphatic heterocycles. The van der Waals surface area contributed by atoms with Gasteiger partial charge in [-0.25, -0.2) is 0 Å². The minimum Gasteiger partial charge on any atom is -0.496 e. The SMILES string of the molecule is C=C(C)[C@@H]1CCC(C)=C[C@H]1c1c(OC)cc(-c2cc(C)ccc2S(=O)(=O)O)cc1OC. The lowest BCUT2D eigenvalue weighted by molar-refractivity contribution is 0.369. The molecule has 0 amide bonds. The zero-order valence-electron chi connectivity index (χ0n) is 18.7. The molecule has 6 heteroatoms. The van der Waals surface area contributed by atoms with Crippen molar-refractivity contribution in [2.75, 3.05) is 14.2 Å². The van der Waals surface area contributed by atoms with Gasteiger partial charge >= 0.3 is 0 Å². The van der Waals surface area contributed by atoms with E-state index in [0.717, 1.165) is 29.5 Å². The van der Waals surface area contributed by atoms with Crippen LogP contribution in [0.4, 0.5) is 0 Å². The first-order valence-corrected chi connectivity index (χ1v) is 11.7. The maximum absolute atomic E-state index is 12.0. The molecule has 0 heterocycles. The number of aryl methyl sites for hydroxylation is 1. The standard InChI is InChI=1S/C25H30O5S/c1-15(2)19-9-7-16(3)12-21(19)25-22(29-5)13-18(14-23(25)30-6)20-11-17(4)8-10-24(20)31(26,27)28/h8,10-14,19,21H,1,7,9H2,2-6H3,(H,26,27,28)/t19-,21+/m0/s1. The van der Waals surface area contributed by atoms with Crippen LogP contribution in [0.3, 0.4) is 0 Å². The fraction of sp³-hybridized carbons (Fsp3) is 0.360. The predicted octanol–water partition coefficient (Wildman–Crippen LogP) is 5.94. The molecule has 0 saturated heterocycles. The normalized spacial score (nSPS) is 19.0. The second kappa shape index (κ2) is 8.89. The average molecular weight is 443 g/mol. The number of allylic oxidation sites excluding steroid dienone is 3. The van der Waals surface area contributed by atoms with E-state index in [2.05, 4.69) is 19.6 Å². The minimum atomic E-state index is -4.40. The van der Waals surface area contributed by atoms with Gasteiger partial charge < -0.3 is 9.47 Å². The first kappa shape index (κ1) is 23.1. The van der Waals surface area contributed by atoms with E-state index in [1.807, 2.05) is 26.0 Å². The van der Waals surface area contributed by atoms with E-state index in [0.29, 0.717) is 22.6 Å². The van der Waals surface area contributed by atoms with Crippen molar-refractivity contribution < 1.29 is 22.4 Å². The maximum atomic E-state index is 12.0. The van der Waals surface area contributed by atoms with Crippen molar-refractivity contribution in [1.82, 2.24) is 0 Å². The highest BCUT2D eigenvalue weighted by molar-refractivity contribution is 7.86. The third-order valence-electron chi connectivity index (χ3n) is 5.98. The van der Waals surface area contributed by atoms with E-state index < -0.39 is 10.1 Å². The first-order chi connectivity index (χ1) is 14.6. The Bertz CT molecular complexity index is 1120. The Hall–Kier alpha value is -2.57. The van der Waals surface area contributed by atoms with Crippen molar-refractivity contribution in [3.63, 3.8) is 0 Å². The van der Waals surface area contributed by atoms with Crippen LogP contribution >= 0.6 is 0 Å². The lowest BCUT2D eigenvalue weighted by Crippen LogP contribution is -2.18. The summed E-state index contributed by atoms with van der Waals surface area (Å²) in [5, 5.41) is 0. The Morgan fingerprint density at radius 2 is 1.71 bits per heavy atom. The van der Waals surface area contributed by atoms with Crippen LogP contribution < -0.4 is 9.47 Å². The molecule has 0 unspecified atom stereocenters. The van der Waals surface area contributed by atoms with E-state index in [4.69, 9.17) is 9.47 Å². The molecular formula is C25H30O5S. The second-order valence-corrected chi connectivity index (χ2v) is 9.69. The molecule has 2 atom stereocenters. The molecule has 2 aromatic carbocycles. The number of rotatable bonds is 6. The fourth-order valence-electron chi connectivity index (χ4n) is 4.42. The molecule has 1 N–H and O–H groups in total. The minimum absolute atomic E-state index is 0.0451. The van der Waals surface area contributed by atoms with Gasteiger partial charge in [-0.1, -0.05) is 41.5 Å². The molecule has 5 nitrogen and oxygen atoms in total. The number of methoxy groups -OCH3 is 2. The van der Waals surface area contributed by atoms with E-state index in [9.17, 15) is 13.0 Å². The zero-order valence-corrected chi connectivity index (χ0v) is 19.5. The smallest absolute Gasteiger partial charge is 0.295 e. The van der Waals surface area contributed by atoms with Gasteiger partial charge in [0.2, 0.25) is 0 Å². The van der Waals surface area contributed by atoms with Crippen molar-refractivity contribution in [2.45, 2.75) is 44.4 Å². The van der Waals surface area contributed by atoms with Crippen molar-refractivity contribution >= 4 is 10.1 Å². The van der Waals surface area contributed by atoms with Crippen LogP contribution in [0.25, 0.3) is 11.1 Å². The highest BCUT2D eigenvalue weighted by Crippen LogP contribution is 2.48. The second-order valence-electron chi connectivity index (χ2n) is 8.30. The van der Waals surface area contributed by atoms with Gasteiger partial charge in [0.25, 0.3) is 10.1 Å². The van der Waals surface area contributed by atoms with Gasteiger partial charge in [-0.2, -0.15) is 8.42 Å². The van der Waals surface area contributed by atoms with Gasteiger partial charge in [-0.05, 0) is 63.3 Å². The summed E-state index contributed by atoms with van der Waals surface area (Å²) in [4.78, 5) is -0.150. The van der Waals surface area contributed by atoms with Crippen LogP contribution in [0.1, 0.15) is 43.7 Å². The molecule has 0 aromatic heterocycles. The summed E-state index contributed by atoms with van der Waals surface area (Å²) >= 11 is 0. The van der Waals surface area contributed by atoms with Crippen LogP contribution in [-0.4, -0.2) is 27.2 Å². The van der Waals surface area contributed by atoms with Gasteiger partial charge in [0, 0.05) is 17.0 Å². The molecule has 3 rings (SSSR count). The molecule has 0 radical (unpaired) electrons. The fourth-order valence-corrected chi connectivity index (χ4v) is 5.12. The highest BCUT2D eigenvalue weighted by atomic mass is 32.2. The number of ether oxygens (including phenoxy) is 2. The summed E-state index contributed by atoms with van der Waals surface area (Å²) < 4.78 is 45.3. The first-order valence-electron chi connectivity index (χ1n) is 10.2. The Morgan fingerprint density at radius 3 is 2.23 bits per heavy atom. The quantitative estimate of drug-likeness (QED) is 0.443. The van der Waals surface area contributed by atoms with Gasteiger partial charge in [0.05, 0.1) is 14.2 Å². The summed E-state index contributed by atoms with van der Waals surface area (Å²) in [6.45, 7) is 10.2. The van der Waals surface area contributed by atoms with Crippen molar-refractivity contribution in [3.05, 3.63) is 65.3 Å². The molecule has 0 fully saturated rings. The Balaban J connectivity index is 2.28. The largest absolute Gasteiger partial charge is 0.496 e. The maximum Gasteiger partial charge on any atom is 0.295 e. The summed E-state index contributed by atoms with van der Waals surface area (Å²) in [6, 6.07) is 8.43. The molecule has 1 aliphatic rings. The van der Waals surface area contributed by atoms with Crippen molar-refractivity contribution in [3.8, 4) is 22.6 Å². The monoisotopic (exact) mass is 442 g/mol. The lowest BCUT2D eigenvalue weighted by Gasteiger charge is -2.32. The number of hydrogen-bond donors (Lipinski definition) is 1. The Labute approximate surface area is 185 Å². The van der Waals surface area contributed by atoms with E-state index in [1.165, 1.54) is 11.6 Å². The van der Waals surface area contributed by atoms with Crippen LogP contribution in [0.2, 0.25) is 0 Å². The van der Waals surface area contributed by atoms with Gasteiger partial charge in [-0.3, -0.25) is 4.55 Å². The Kier molecular flexibility index (Phi) is 6.62. The summed E-state index contributed by atoms with van der Waals surface area (Å²) in [7, 11) is -1.21. The van der Waals surface area contributed by atoms with Crippen LogP contribution in [0.15, 0.2) is 59.0 Å². The molecule has 166 valence electrons. The molecule has 31 heavy (non-hydrogen) atoms. The number of benzene rings is 2. The van der Waals surface area contributed by atoms with Crippen LogP contribution in [0, 0.1) is 12.8 Å². The van der Waals surface area contributed by atoms with Gasteiger partial charge in [-0.15, -0.1) is 0 Å². The topological polar surface area (TPSA) is 72.8 Å². The third-order valence-corrected chi connectivity index (χ3v) is 6.89. The van der Waals surface area contributed by atoms with Gasteiger partial charge in [0.15, 0.2) is 0 Å². The summed E-state index contributed by atoms with van der Waals surface area (Å²) in [5.41, 5.74) is 5.20. The molecule has 0 saturated carbocycles. The lowest BCUT2D eigenvalue weighted by atomic mass is 9.73. The van der Waals surface area contributed by atoms with Crippen LogP contribution in [0.5, 0.6) is 11.5 Å². The van der Waals surface area contributed by atoms with E-state index in [-0.39, 0.29) is 16.7 Å². The Morgan fingerprint density at radius 1 is 1.10 bits per heavy atom. The van der Waals surface area contributed by atoms with Crippen molar-refractivity contribution in [1.29, 1.82) is 0 Å². The molecular weight excluding hydrogens is 412 g/mol. The zero-order chi connectivity index (χ0) is 22.9. The molecule has 2 aromatic rings. The summed E-state index contributed by atoms with van der Waals surface area (Å²) in [5.74, 6) is 1.52. The van der Waals surface area contributed by atoms with Crippen molar-refractivity contribution in [2.24, 2.45) is 5.92 Å². The molecule has 0 spiro atoms. The summed E-state index contributed by atoms with van der Waals surface area (Å²) in [6.07, 6.45) is 4.28. The van der Waals surface area contributed by atoms with Gasteiger partial charge in [0.1, 0.15) is 16.4 Å².